The van der Waals surface area contributed by atoms with E-state index in [1.54, 1.807) is 6.07 Å². The number of rotatable bonds is 3. The van der Waals surface area contributed by atoms with Gasteiger partial charge in [-0.3, -0.25) is 9.48 Å². The van der Waals surface area contributed by atoms with Crippen LogP contribution in [-0.2, 0) is 6.54 Å². The second kappa shape index (κ2) is 6.75. The lowest BCUT2D eigenvalue weighted by atomic mass is 9.92. The highest BCUT2D eigenvalue weighted by atomic mass is 79.9. The Kier molecular flexibility index (Phi) is 4.85. The lowest BCUT2D eigenvalue weighted by molar-refractivity contribution is 0.0589. The molecule has 2 aromatic rings. The summed E-state index contributed by atoms with van der Waals surface area (Å²) in [6.07, 6.45) is 1.18. The Balaban J connectivity index is 1.73. The molecule has 0 bridgehead atoms. The second-order valence-electron chi connectivity index (χ2n) is 7.06. The third-order valence-corrected chi connectivity index (χ3v) is 5.77. The van der Waals surface area contributed by atoms with Crippen molar-refractivity contribution in [2.45, 2.75) is 40.7 Å². The van der Waals surface area contributed by atoms with Crippen molar-refractivity contribution in [3.05, 3.63) is 39.5 Å². The summed E-state index contributed by atoms with van der Waals surface area (Å²) < 4.78 is 8.71. The summed E-state index contributed by atoms with van der Waals surface area (Å²) in [5.41, 5.74) is 2.00. The Labute approximate surface area is 151 Å². The Morgan fingerprint density at radius 2 is 1.96 bits per heavy atom. The number of furan rings is 1. The molecule has 6 heteroatoms. The van der Waals surface area contributed by atoms with Crippen LogP contribution in [0.5, 0.6) is 0 Å². The molecule has 0 aromatic carbocycles. The molecular weight excluding hydrogens is 370 g/mol. The Morgan fingerprint density at radius 3 is 2.54 bits per heavy atom. The lowest BCUT2D eigenvalue weighted by Gasteiger charge is -2.34. The highest BCUT2D eigenvalue weighted by Gasteiger charge is 2.27. The predicted molar refractivity (Wildman–Crippen MR) is 96.1 cm³/mol. The van der Waals surface area contributed by atoms with E-state index in [0.717, 1.165) is 34.7 Å². The minimum absolute atomic E-state index is 0.00537. The quantitative estimate of drug-likeness (QED) is 0.790. The monoisotopic (exact) mass is 393 g/mol. The van der Waals surface area contributed by atoms with Gasteiger partial charge in [0.25, 0.3) is 5.91 Å². The summed E-state index contributed by atoms with van der Waals surface area (Å²) in [7, 11) is 0. The first-order valence-electron chi connectivity index (χ1n) is 8.42. The van der Waals surface area contributed by atoms with Crippen LogP contribution < -0.4 is 0 Å². The summed E-state index contributed by atoms with van der Waals surface area (Å²) in [6.45, 7) is 10.5. The fourth-order valence-corrected chi connectivity index (χ4v) is 3.82. The molecule has 1 saturated heterocycles. The summed E-state index contributed by atoms with van der Waals surface area (Å²) in [5.74, 6) is 2.24. The molecule has 0 aliphatic carbocycles. The van der Waals surface area contributed by atoms with E-state index in [9.17, 15) is 4.79 Å². The second-order valence-corrected chi connectivity index (χ2v) is 7.86. The number of carbonyl (C=O) groups excluding carboxylic acids is 1. The van der Waals surface area contributed by atoms with E-state index in [0.29, 0.717) is 24.1 Å². The van der Waals surface area contributed by atoms with Gasteiger partial charge < -0.3 is 9.32 Å². The topological polar surface area (TPSA) is 51.3 Å². The zero-order chi connectivity index (χ0) is 17.4. The summed E-state index contributed by atoms with van der Waals surface area (Å²) in [4.78, 5) is 14.6. The van der Waals surface area contributed by atoms with E-state index < -0.39 is 0 Å². The fourth-order valence-electron chi connectivity index (χ4n) is 3.54. The maximum Gasteiger partial charge on any atom is 0.289 e. The molecule has 24 heavy (non-hydrogen) atoms. The standard InChI is InChI=1S/C18H24BrN3O2/c1-11-7-12(2)9-21(8-11)18(23)16-6-5-15(24-16)10-22-14(4)17(19)13(3)20-22/h5-6,11-12H,7-10H2,1-4H3/t11-,12-/m1/s1. The Morgan fingerprint density at radius 1 is 1.29 bits per heavy atom. The maximum absolute atomic E-state index is 12.7. The fraction of sp³-hybridized carbons (Fsp3) is 0.556. The average molecular weight is 394 g/mol. The Hall–Kier alpha value is -1.56. The maximum atomic E-state index is 12.7. The number of aromatic nitrogens is 2. The van der Waals surface area contributed by atoms with Crippen LogP contribution in [0.1, 0.15) is 48.0 Å². The van der Waals surface area contributed by atoms with Crippen LogP contribution in [-0.4, -0.2) is 33.7 Å². The highest BCUT2D eigenvalue weighted by Crippen LogP contribution is 2.24. The third-order valence-electron chi connectivity index (χ3n) is 4.63. The van der Waals surface area contributed by atoms with E-state index in [1.165, 1.54) is 6.42 Å². The van der Waals surface area contributed by atoms with Crippen LogP contribution >= 0.6 is 15.9 Å². The molecular formula is C18H24BrN3O2. The van der Waals surface area contributed by atoms with Crippen LogP contribution in [0, 0.1) is 25.7 Å². The number of halogens is 1. The van der Waals surface area contributed by atoms with Crippen LogP contribution in [0.2, 0.25) is 0 Å². The van der Waals surface area contributed by atoms with Crippen molar-refractivity contribution in [2.24, 2.45) is 11.8 Å². The van der Waals surface area contributed by atoms with Gasteiger partial charge >= 0.3 is 0 Å². The molecule has 2 atom stereocenters. The third kappa shape index (κ3) is 3.43. The minimum Gasteiger partial charge on any atom is -0.454 e. The van der Waals surface area contributed by atoms with Crippen molar-refractivity contribution in [3.63, 3.8) is 0 Å². The van der Waals surface area contributed by atoms with Crippen LogP contribution in [0.4, 0.5) is 0 Å². The molecule has 0 saturated carbocycles. The van der Waals surface area contributed by atoms with E-state index in [2.05, 4.69) is 34.9 Å². The molecule has 0 radical (unpaired) electrons. The van der Waals surface area contributed by atoms with Gasteiger partial charge in [0.1, 0.15) is 5.76 Å². The molecule has 0 N–H and O–H groups in total. The van der Waals surface area contributed by atoms with Crippen molar-refractivity contribution in [1.82, 2.24) is 14.7 Å². The number of likely N-dealkylation sites (tertiary alicyclic amines) is 1. The van der Waals surface area contributed by atoms with E-state index >= 15 is 0 Å². The van der Waals surface area contributed by atoms with E-state index in [-0.39, 0.29) is 5.91 Å². The first-order valence-corrected chi connectivity index (χ1v) is 9.22. The summed E-state index contributed by atoms with van der Waals surface area (Å²) >= 11 is 3.53. The van der Waals surface area contributed by atoms with Crippen molar-refractivity contribution in [3.8, 4) is 0 Å². The number of carbonyl (C=O) groups is 1. The first kappa shape index (κ1) is 17.3. The Bertz CT molecular complexity index is 740. The number of aryl methyl sites for hydroxylation is 1. The molecule has 1 aliphatic heterocycles. The molecule has 0 spiro atoms. The van der Waals surface area contributed by atoms with Crippen molar-refractivity contribution in [2.75, 3.05) is 13.1 Å². The molecule has 3 heterocycles. The number of piperidine rings is 1. The van der Waals surface area contributed by atoms with Gasteiger partial charge in [-0.1, -0.05) is 13.8 Å². The van der Waals surface area contributed by atoms with Gasteiger partial charge in [0.05, 0.1) is 22.4 Å². The smallest absolute Gasteiger partial charge is 0.289 e. The molecule has 1 amide bonds. The molecule has 0 unspecified atom stereocenters. The number of hydrogen-bond acceptors (Lipinski definition) is 3. The largest absolute Gasteiger partial charge is 0.454 e. The van der Waals surface area contributed by atoms with E-state index in [1.807, 2.05) is 29.5 Å². The molecule has 3 rings (SSSR count). The first-order chi connectivity index (χ1) is 11.3. The van der Waals surface area contributed by atoms with Gasteiger partial charge in [0.2, 0.25) is 0 Å². The zero-order valence-electron chi connectivity index (χ0n) is 14.7. The van der Waals surface area contributed by atoms with Gasteiger partial charge in [-0.15, -0.1) is 0 Å². The van der Waals surface area contributed by atoms with Crippen LogP contribution in [0.3, 0.4) is 0 Å². The molecule has 2 aromatic heterocycles. The molecule has 1 aliphatic rings. The van der Waals surface area contributed by atoms with E-state index in [4.69, 9.17) is 4.42 Å². The van der Waals surface area contributed by atoms with Crippen molar-refractivity contribution >= 4 is 21.8 Å². The highest BCUT2D eigenvalue weighted by molar-refractivity contribution is 9.10. The normalized spacial score (nSPS) is 21.3. The number of amides is 1. The zero-order valence-corrected chi connectivity index (χ0v) is 16.3. The summed E-state index contributed by atoms with van der Waals surface area (Å²) in [5, 5.41) is 4.48. The molecule has 5 nitrogen and oxygen atoms in total. The van der Waals surface area contributed by atoms with Gasteiger partial charge in [0, 0.05) is 13.1 Å². The average Bonchev–Trinajstić information content (AvgIpc) is 3.07. The van der Waals surface area contributed by atoms with Gasteiger partial charge in [-0.2, -0.15) is 5.10 Å². The van der Waals surface area contributed by atoms with Crippen molar-refractivity contribution < 1.29 is 9.21 Å². The van der Waals surface area contributed by atoms with Gasteiger partial charge in [-0.25, -0.2) is 0 Å². The lowest BCUT2D eigenvalue weighted by Crippen LogP contribution is -2.42. The minimum atomic E-state index is -0.00537. The van der Waals surface area contributed by atoms with Gasteiger partial charge in [0.15, 0.2) is 5.76 Å². The predicted octanol–water partition coefficient (Wildman–Crippen LogP) is 4.02. The van der Waals surface area contributed by atoms with Crippen LogP contribution in [0.25, 0.3) is 0 Å². The van der Waals surface area contributed by atoms with Crippen LogP contribution in [0.15, 0.2) is 21.0 Å². The SMILES string of the molecule is Cc1nn(Cc2ccc(C(=O)N3C[C@H](C)C[C@@H](C)C3)o2)c(C)c1Br. The van der Waals surface area contributed by atoms with Crippen molar-refractivity contribution in [1.29, 1.82) is 0 Å². The number of hydrogen-bond donors (Lipinski definition) is 0. The molecule has 1 fully saturated rings. The molecule has 130 valence electrons. The summed E-state index contributed by atoms with van der Waals surface area (Å²) in [6, 6.07) is 3.65. The van der Waals surface area contributed by atoms with Gasteiger partial charge in [-0.05, 0) is 60.2 Å². The number of nitrogens with zero attached hydrogens (tertiary/aromatic N) is 3.